The lowest BCUT2D eigenvalue weighted by atomic mass is 10.5. The summed E-state index contributed by atoms with van der Waals surface area (Å²) in [6.07, 6.45) is 1.04. The molecule has 0 fully saturated rings. The summed E-state index contributed by atoms with van der Waals surface area (Å²) in [7, 11) is 1.21. The van der Waals surface area contributed by atoms with Crippen molar-refractivity contribution in [1.82, 2.24) is 4.98 Å². The Morgan fingerprint density at radius 3 is 2.58 bits per heavy atom. The van der Waals surface area contributed by atoms with E-state index in [0.29, 0.717) is 3.57 Å². The van der Waals surface area contributed by atoms with Gasteiger partial charge in [0.25, 0.3) is 9.05 Å². The van der Waals surface area contributed by atoms with Gasteiger partial charge in [0.15, 0.2) is 5.03 Å². The summed E-state index contributed by atoms with van der Waals surface area (Å²) >= 11 is 1.78. The highest BCUT2D eigenvalue weighted by molar-refractivity contribution is 14.1. The number of nitrogens with zero attached hydrogens (tertiary/aromatic N) is 1. The summed E-state index contributed by atoms with van der Waals surface area (Å²) in [6.45, 7) is 0. The zero-order chi connectivity index (χ0) is 9.35. The highest BCUT2D eigenvalue weighted by atomic mass is 127. The van der Waals surface area contributed by atoms with Crippen LogP contribution < -0.4 is 0 Å². The van der Waals surface area contributed by atoms with Crippen molar-refractivity contribution in [3.63, 3.8) is 0 Å². The van der Waals surface area contributed by atoms with E-state index < -0.39 is 9.05 Å². The summed E-state index contributed by atoms with van der Waals surface area (Å²) in [4.78, 5) is 3.44. The molecule has 0 bridgehead atoms. The topological polar surface area (TPSA) is 67.3 Å². The fraction of sp³-hybridized carbons (Fsp3) is 0. The highest BCUT2D eigenvalue weighted by Gasteiger charge is 2.13. The number of aromatic nitrogens is 1. The largest absolute Gasteiger partial charge is 0.505 e. The number of pyridine rings is 1. The van der Waals surface area contributed by atoms with Gasteiger partial charge in [-0.1, -0.05) is 0 Å². The van der Waals surface area contributed by atoms with Crippen LogP contribution in [0.3, 0.4) is 0 Å². The molecule has 0 saturated heterocycles. The van der Waals surface area contributed by atoms with Crippen LogP contribution in [0.5, 0.6) is 5.75 Å². The summed E-state index contributed by atoms with van der Waals surface area (Å²) in [5.74, 6) is -0.0698. The highest BCUT2D eigenvalue weighted by Crippen LogP contribution is 2.21. The molecule has 0 spiro atoms. The van der Waals surface area contributed by atoms with Gasteiger partial charge in [0.1, 0.15) is 5.75 Å². The van der Waals surface area contributed by atoms with Crippen LogP contribution in [0.25, 0.3) is 0 Å². The SMILES string of the molecule is O=S(=O)(Cl)c1cc(I)c(O)cn1. The third-order valence-electron chi connectivity index (χ3n) is 1.06. The molecule has 0 aromatic carbocycles. The molecule has 0 aliphatic carbocycles. The van der Waals surface area contributed by atoms with Gasteiger partial charge in [-0.3, -0.25) is 0 Å². The minimum absolute atomic E-state index is 0.0698. The summed E-state index contributed by atoms with van der Waals surface area (Å²) in [5.41, 5.74) is 0. The average Bonchev–Trinajstić information content (AvgIpc) is 1.92. The predicted octanol–water partition coefficient (Wildman–Crippen LogP) is 1.32. The number of aromatic hydroxyl groups is 1. The van der Waals surface area contributed by atoms with Crippen molar-refractivity contribution >= 4 is 42.3 Å². The Balaban J connectivity index is 3.33. The van der Waals surface area contributed by atoms with Crippen molar-refractivity contribution < 1.29 is 13.5 Å². The lowest BCUT2D eigenvalue weighted by molar-refractivity contribution is 0.467. The van der Waals surface area contributed by atoms with E-state index >= 15 is 0 Å². The molecule has 0 unspecified atom stereocenters. The molecule has 1 N–H and O–H groups in total. The van der Waals surface area contributed by atoms with Crippen LogP contribution in [0.4, 0.5) is 0 Å². The molecule has 0 atom stereocenters. The Morgan fingerprint density at radius 1 is 1.58 bits per heavy atom. The van der Waals surface area contributed by atoms with Gasteiger partial charge in [-0.15, -0.1) is 0 Å². The van der Waals surface area contributed by atoms with E-state index in [1.54, 1.807) is 22.6 Å². The van der Waals surface area contributed by atoms with Gasteiger partial charge < -0.3 is 5.11 Å². The second-order valence-corrected chi connectivity index (χ2v) is 5.59. The van der Waals surface area contributed by atoms with E-state index in [9.17, 15) is 8.42 Å². The van der Waals surface area contributed by atoms with Crippen LogP contribution >= 0.6 is 33.3 Å². The molecule has 1 rings (SSSR count). The third-order valence-corrected chi connectivity index (χ3v) is 3.12. The van der Waals surface area contributed by atoms with Gasteiger partial charge >= 0.3 is 0 Å². The minimum Gasteiger partial charge on any atom is -0.505 e. The Kier molecular flexibility index (Phi) is 2.79. The first-order valence-electron chi connectivity index (χ1n) is 2.70. The first-order valence-corrected chi connectivity index (χ1v) is 6.09. The zero-order valence-corrected chi connectivity index (χ0v) is 9.26. The second-order valence-electron chi connectivity index (χ2n) is 1.91. The lowest BCUT2D eigenvalue weighted by Crippen LogP contribution is -1.94. The van der Waals surface area contributed by atoms with Gasteiger partial charge in [-0.05, 0) is 28.7 Å². The zero-order valence-electron chi connectivity index (χ0n) is 5.53. The van der Waals surface area contributed by atoms with Crippen molar-refractivity contribution in [2.75, 3.05) is 0 Å². The van der Waals surface area contributed by atoms with Gasteiger partial charge in [0.05, 0.1) is 9.77 Å². The molecular weight excluding hydrogens is 316 g/mol. The average molecular weight is 320 g/mol. The Hall–Kier alpha value is -0.0800. The molecule has 7 heteroatoms. The molecule has 12 heavy (non-hydrogen) atoms. The molecule has 1 aromatic heterocycles. The molecule has 1 aromatic rings. The van der Waals surface area contributed by atoms with Crippen molar-refractivity contribution in [2.45, 2.75) is 5.03 Å². The van der Waals surface area contributed by atoms with Crippen molar-refractivity contribution in [3.8, 4) is 5.75 Å². The summed E-state index contributed by atoms with van der Waals surface area (Å²) in [6, 6.07) is 1.19. The fourth-order valence-corrected chi connectivity index (χ4v) is 1.88. The van der Waals surface area contributed by atoms with Crippen LogP contribution in [0.2, 0.25) is 0 Å². The molecular formula is C5H3ClINO3S. The Bertz CT molecular complexity index is 405. The molecule has 1 heterocycles. The molecule has 0 radical (unpaired) electrons. The maximum absolute atomic E-state index is 10.7. The quantitative estimate of drug-likeness (QED) is 0.626. The number of halogens is 2. The molecule has 0 amide bonds. The van der Waals surface area contributed by atoms with E-state index in [-0.39, 0.29) is 10.8 Å². The summed E-state index contributed by atoms with van der Waals surface area (Å²) < 4.78 is 21.8. The lowest BCUT2D eigenvalue weighted by Gasteiger charge is -1.97. The Morgan fingerprint density at radius 2 is 2.17 bits per heavy atom. The van der Waals surface area contributed by atoms with E-state index in [1.165, 1.54) is 6.07 Å². The first kappa shape index (κ1) is 10.0. The smallest absolute Gasteiger partial charge is 0.278 e. The molecule has 4 nitrogen and oxygen atoms in total. The summed E-state index contributed by atoms with van der Waals surface area (Å²) in [5, 5.41) is 8.74. The fourth-order valence-electron chi connectivity index (χ4n) is 0.539. The molecule has 0 saturated carbocycles. The minimum atomic E-state index is -3.80. The Labute approximate surface area is 87.1 Å². The third kappa shape index (κ3) is 2.20. The second kappa shape index (κ2) is 3.35. The van der Waals surface area contributed by atoms with E-state index in [0.717, 1.165) is 6.20 Å². The van der Waals surface area contributed by atoms with Crippen molar-refractivity contribution in [2.24, 2.45) is 0 Å². The maximum atomic E-state index is 10.7. The normalized spacial score (nSPS) is 11.5. The predicted molar refractivity (Wildman–Crippen MR) is 51.7 cm³/mol. The van der Waals surface area contributed by atoms with Crippen LogP contribution in [0.1, 0.15) is 0 Å². The number of rotatable bonds is 1. The van der Waals surface area contributed by atoms with Gasteiger partial charge in [-0.2, -0.15) is 0 Å². The van der Waals surface area contributed by atoms with E-state index in [4.69, 9.17) is 15.8 Å². The molecule has 66 valence electrons. The van der Waals surface area contributed by atoms with Crippen LogP contribution in [-0.2, 0) is 9.05 Å². The number of hydrogen-bond donors (Lipinski definition) is 1. The molecule has 0 aliphatic heterocycles. The monoisotopic (exact) mass is 319 g/mol. The van der Waals surface area contributed by atoms with Crippen molar-refractivity contribution in [3.05, 3.63) is 15.8 Å². The maximum Gasteiger partial charge on any atom is 0.278 e. The van der Waals surface area contributed by atoms with Gasteiger partial charge in [-0.25, -0.2) is 13.4 Å². The first-order chi connectivity index (χ1) is 5.41. The van der Waals surface area contributed by atoms with Crippen LogP contribution in [-0.4, -0.2) is 18.5 Å². The standard InChI is InChI=1S/C5H3ClINO3S/c6-12(10,11)5-1-3(7)4(9)2-8-5/h1-2,9H. The van der Waals surface area contributed by atoms with Gasteiger partial charge in [0.2, 0.25) is 0 Å². The number of hydrogen-bond acceptors (Lipinski definition) is 4. The van der Waals surface area contributed by atoms with Crippen LogP contribution in [0.15, 0.2) is 17.3 Å². The molecule has 0 aliphatic rings. The van der Waals surface area contributed by atoms with Crippen LogP contribution in [0, 0.1) is 3.57 Å². The van der Waals surface area contributed by atoms with Crippen molar-refractivity contribution in [1.29, 1.82) is 0 Å². The van der Waals surface area contributed by atoms with Gasteiger partial charge in [0, 0.05) is 10.7 Å². The van der Waals surface area contributed by atoms with E-state index in [2.05, 4.69) is 4.98 Å². The van der Waals surface area contributed by atoms with E-state index in [1.807, 2.05) is 0 Å².